The van der Waals surface area contributed by atoms with Crippen LogP contribution in [0.2, 0.25) is 0 Å². The van der Waals surface area contributed by atoms with Crippen molar-refractivity contribution in [3.63, 3.8) is 0 Å². The molecule has 18 heavy (non-hydrogen) atoms. The maximum Gasteiger partial charge on any atom is 0.276 e. The Balaban J connectivity index is 2.24. The molecule has 0 saturated carbocycles. The molecule has 2 heterocycles. The van der Waals surface area contributed by atoms with Crippen molar-refractivity contribution in [3.05, 3.63) is 24.0 Å². The number of nitrogens with two attached hydrogens (primary N) is 1. The van der Waals surface area contributed by atoms with E-state index in [-0.39, 0.29) is 6.10 Å². The number of pyridine rings is 1. The number of anilines is 1. The molecular formula is C12H16N4O2. The van der Waals surface area contributed by atoms with Crippen LogP contribution in [0.5, 0.6) is 0 Å². The van der Waals surface area contributed by atoms with Crippen LogP contribution in [-0.2, 0) is 4.74 Å². The summed E-state index contributed by atoms with van der Waals surface area (Å²) < 4.78 is 10.7. The summed E-state index contributed by atoms with van der Waals surface area (Å²) in [6.07, 6.45) is 0.644. The molecule has 0 saturated heterocycles. The summed E-state index contributed by atoms with van der Waals surface area (Å²) in [4.78, 5) is 8.42. The van der Waals surface area contributed by atoms with Gasteiger partial charge in [0.2, 0.25) is 5.82 Å². The highest BCUT2D eigenvalue weighted by Gasteiger charge is 2.18. The highest BCUT2D eigenvalue weighted by molar-refractivity contribution is 5.49. The van der Waals surface area contributed by atoms with Crippen LogP contribution in [0.25, 0.3) is 11.6 Å². The molecule has 1 atom stereocenters. The third-order valence-corrected chi connectivity index (χ3v) is 2.46. The quantitative estimate of drug-likeness (QED) is 0.872. The fourth-order valence-corrected chi connectivity index (χ4v) is 1.62. The van der Waals surface area contributed by atoms with Crippen molar-refractivity contribution in [3.8, 4) is 11.6 Å². The van der Waals surface area contributed by atoms with E-state index in [2.05, 4.69) is 15.1 Å². The normalized spacial score (nSPS) is 12.6. The fourth-order valence-electron chi connectivity index (χ4n) is 1.62. The third kappa shape index (κ3) is 2.65. The minimum absolute atomic E-state index is 0.145. The summed E-state index contributed by atoms with van der Waals surface area (Å²) in [5.41, 5.74) is 6.18. The van der Waals surface area contributed by atoms with Gasteiger partial charge in [-0.1, -0.05) is 18.1 Å². The Bertz CT molecular complexity index is 512. The molecule has 0 aliphatic rings. The Morgan fingerprint density at radius 2 is 2.17 bits per heavy atom. The van der Waals surface area contributed by atoms with Crippen LogP contribution in [-0.4, -0.2) is 21.7 Å². The second-order valence-electron chi connectivity index (χ2n) is 3.76. The van der Waals surface area contributed by atoms with Crippen molar-refractivity contribution in [1.29, 1.82) is 0 Å². The number of nitrogens with zero attached hydrogens (tertiary/aromatic N) is 3. The molecular weight excluding hydrogens is 232 g/mol. The Morgan fingerprint density at radius 3 is 2.83 bits per heavy atom. The maximum absolute atomic E-state index is 5.61. The molecule has 2 aromatic heterocycles. The van der Waals surface area contributed by atoms with E-state index in [9.17, 15) is 0 Å². The van der Waals surface area contributed by atoms with E-state index in [1.54, 1.807) is 18.2 Å². The number of nitrogen functional groups attached to an aromatic ring is 1. The van der Waals surface area contributed by atoms with Gasteiger partial charge >= 0.3 is 0 Å². The van der Waals surface area contributed by atoms with E-state index in [1.165, 1.54) is 0 Å². The average Bonchev–Trinajstić information content (AvgIpc) is 2.85. The Labute approximate surface area is 105 Å². The van der Waals surface area contributed by atoms with Crippen molar-refractivity contribution in [2.75, 3.05) is 12.3 Å². The lowest BCUT2D eigenvalue weighted by Gasteiger charge is -2.09. The van der Waals surface area contributed by atoms with Crippen molar-refractivity contribution in [2.24, 2.45) is 0 Å². The second-order valence-corrected chi connectivity index (χ2v) is 3.76. The van der Waals surface area contributed by atoms with E-state index in [0.29, 0.717) is 29.8 Å². The maximum atomic E-state index is 5.61. The van der Waals surface area contributed by atoms with Crippen molar-refractivity contribution in [2.45, 2.75) is 26.4 Å². The molecule has 0 aliphatic heterocycles. The predicted octanol–water partition coefficient (Wildman–Crippen LogP) is 2.20. The van der Waals surface area contributed by atoms with Gasteiger partial charge in [-0.3, -0.25) is 0 Å². The van der Waals surface area contributed by atoms with E-state index >= 15 is 0 Å². The topological polar surface area (TPSA) is 87.1 Å². The van der Waals surface area contributed by atoms with Crippen LogP contribution < -0.4 is 5.73 Å². The van der Waals surface area contributed by atoms with Gasteiger partial charge < -0.3 is 15.0 Å². The molecule has 0 aliphatic carbocycles. The molecule has 6 nitrogen and oxygen atoms in total. The van der Waals surface area contributed by atoms with Crippen LogP contribution in [0.4, 0.5) is 5.82 Å². The molecule has 0 fully saturated rings. The smallest absolute Gasteiger partial charge is 0.276 e. The Morgan fingerprint density at radius 1 is 1.33 bits per heavy atom. The van der Waals surface area contributed by atoms with Gasteiger partial charge in [0, 0.05) is 6.61 Å². The second kappa shape index (κ2) is 5.59. The monoisotopic (exact) mass is 248 g/mol. The molecule has 96 valence electrons. The van der Waals surface area contributed by atoms with Crippen molar-refractivity contribution < 1.29 is 9.26 Å². The first kappa shape index (κ1) is 12.5. The minimum atomic E-state index is -0.145. The van der Waals surface area contributed by atoms with E-state index in [0.717, 1.165) is 6.42 Å². The molecule has 0 spiro atoms. The summed E-state index contributed by atoms with van der Waals surface area (Å²) in [6, 6.07) is 5.27. The summed E-state index contributed by atoms with van der Waals surface area (Å²) in [7, 11) is 0. The lowest BCUT2D eigenvalue weighted by molar-refractivity contribution is 0.0518. The molecule has 2 aromatic rings. The summed E-state index contributed by atoms with van der Waals surface area (Å²) in [6.45, 7) is 4.55. The molecule has 2 N–H and O–H groups in total. The average molecular weight is 248 g/mol. The Kier molecular flexibility index (Phi) is 3.88. The Hall–Kier alpha value is -1.95. The first-order chi connectivity index (χ1) is 8.74. The SMILES string of the molecule is CCOC(CC)c1noc(-c2cccc(N)n2)n1. The molecule has 0 aromatic carbocycles. The van der Waals surface area contributed by atoms with Gasteiger partial charge in [0.05, 0.1) is 0 Å². The third-order valence-electron chi connectivity index (χ3n) is 2.46. The number of hydrogen-bond acceptors (Lipinski definition) is 6. The molecule has 2 rings (SSSR count). The summed E-state index contributed by atoms with van der Waals surface area (Å²) >= 11 is 0. The number of aromatic nitrogens is 3. The van der Waals surface area contributed by atoms with Crippen molar-refractivity contribution in [1.82, 2.24) is 15.1 Å². The zero-order valence-corrected chi connectivity index (χ0v) is 10.5. The molecule has 0 radical (unpaired) electrons. The standard InChI is InChI=1S/C12H16N4O2/c1-3-9(17-4-2)11-15-12(18-16-11)8-6-5-7-10(13)14-8/h5-7,9H,3-4H2,1-2H3,(H2,13,14). The van der Waals surface area contributed by atoms with Gasteiger partial charge in [-0.15, -0.1) is 0 Å². The van der Waals surface area contributed by atoms with Crippen LogP contribution in [0, 0.1) is 0 Å². The highest BCUT2D eigenvalue weighted by atomic mass is 16.5. The summed E-state index contributed by atoms with van der Waals surface area (Å²) in [5.74, 6) is 1.32. The number of hydrogen-bond donors (Lipinski definition) is 1. The number of ether oxygens (including phenoxy) is 1. The molecule has 6 heteroatoms. The predicted molar refractivity (Wildman–Crippen MR) is 66.6 cm³/mol. The lowest BCUT2D eigenvalue weighted by atomic mass is 10.2. The first-order valence-corrected chi connectivity index (χ1v) is 5.92. The zero-order chi connectivity index (χ0) is 13.0. The van der Waals surface area contributed by atoms with Gasteiger partial charge in [-0.2, -0.15) is 4.98 Å². The van der Waals surface area contributed by atoms with Crippen LogP contribution >= 0.6 is 0 Å². The van der Waals surface area contributed by atoms with Gasteiger partial charge in [-0.25, -0.2) is 4.98 Å². The highest BCUT2D eigenvalue weighted by Crippen LogP contribution is 2.22. The van der Waals surface area contributed by atoms with Crippen LogP contribution in [0.15, 0.2) is 22.7 Å². The molecule has 1 unspecified atom stereocenters. The summed E-state index contributed by atoms with van der Waals surface area (Å²) in [5, 5.41) is 3.92. The first-order valence-electron chi connectivity index (χ1n) is 5.92. The van der Waals surface area contributed by atoms with Gasteiger partial charge in [0.1, 0.15) is 17.6 Å². The van der Waals surface area contributed by atoms with Crippen LogP contribution in [0.3, 0.4) is 0 Å². The van der Waals surface area contributed by atoms with Crippen LogP contribution in [0.1, 0.15) is 32.2 Å². The molecule has 0 bridgehead atoms. The minimum Gasteiger partial charge on any atom is -0.384 e. The largest absolute Gasteiger partial charge is 0.384 e. The van der Waals surface area contributed by atoms with E-state index < -0.39 is 0 Å². The number of rotatable bonds is 5. The van der Waals surface area contributed by atoms with Gasteiger partial charge in [0.15, 0.2) is 0 Å². The van der Waals surface area contributed by atoms with E-state index in [4.69, 9.17) is 15.0 Å². The zero-order valence-electron chi connectivity index (χ0n) is 10.5. The molecule has 0 amide bonds. The van der Waals surface area contributed by atoms with Gasteiger partial charge in [-0.05, 0) is 25.5 Å². The lowest BCUT2D eigenvalue weighted by Crippen LogP contribution is -2.04. The fraction of sp³-hybridized carbons (Fsp3) is 0.417. The van der Waals surface area contributed by atoms with Gasteiger partial charge in [0.25, 0.3) is 5.89 Å². The van der Waals surface area contributed by atoms with Crippen molar-refractivity contribution >= 4 is 5.82 Å². The van der Waals surface area contributed by atoms with E-state index in [1.807, 2.05) is 13.8 Å².